The molecule has 0 unspecified atom stereocenters. The van der Waals surface area contributed by atoms with Crippen LogP contribution in [0.3, 0.4) is 0 Å². The third kappa shape index (κ3) is 3.29. The lowest BCUT2D eigenvalue weighted by Crippen LogP contribution is -2.42. The Hall–Kier alpha value is -0.610. The molecule has 1 aliphatic heterocycles. The average molecular weight is 266 g/mol. The van der Waals surface area contributed by atoms with Gasteiger partial charge in [0.1, 0.15) is 0 Å². The normalized spacial score (nSPS) is 31.5. The lowest BCUT2D eigenvalue weighted by molar-refractivity contribution is -0.135. The molecule has 0 bridgehead atoms. The Balaban J connectivity index is 1.36. The summed E-state index contributed by atoms with van der Waals surface area (Å²) in [6, 6.07) is 0. The van der Waals surface area contributed by atoms with Crippen LogP contribution < -0.4 is 5.73 Å². The van der Waals surface area contributed by atoms with Crippen molar-refractivity contribution in [3.63, 3.8) is 0 Å². The molecule has 3 aliphatic rings. The van der Waals surface area contributed by atoms with Gasteiger partial charge in [-0.3, -0.25) is 4.79 Å². The zero-order valence-electron chi connectivity index (χ0n) is 11.7. The van der Waals surface area contributed by atoms with Gasteiger partial charge in [-0.05, 0) is 56.9 Å². The molecule has 2 saturated carbocycles. The van der Waals surface area contributed by atoms with E-state index < -0.39 is 0 Å². The van der Waals surface area contributed by atoms with E-state index in [1.807, 2.05) is 0 Å². The van der Waals surface area contributed by atoms with Crippen molar-refractivity contribution in [1.29, 1.82) is 0 Å². The van der Waals surface area contributed by atoms with Crippen molar-refractivity contribution in [2.24, 2.45) is 23.5 Å². The van der Waals surface area contributed by atoms with E-state index in [4.69, 9.17) is 10.5 Å². The van der Waals surface area contributed by atoms with Gasteiger partial charge < -0.3 is 15.4 Å². The van der Waals surface area contributed by atoms with E-state index in [1.165, 1.54) is 12.8 Å². The minimum absolute atomic E-state index is 0.342. The molecule has 3 fully saturated rings. The molecule has 2 N–H and O–H groups in total. The summed E-state index contributed by atoms with van der Waals surface area (Å²) in [5.41, 5.74) is 5.46. The fraction of sp³-hybridized carbons (Fsp3) is 0.933. The van der Waals surface area contributed by atoms with Crippen molar-refractivity contribution in [2.75, 3.05) is 26.2 Å². The number of rotatable bonds is 6. The number of nitrogens with zero attached hydrogens (tertiary/aromatic N) is 1. The molecule has 0 aromatic rings. The van der Waals surface area contributed by atoms with E-state index in [0.29, 0.717) is 24.5 Å². The molecule has 1 saturated heterocycles. The predicted molar refractivity (Wildman–Crippen MR) is 73.5 cm³/mol. The number of nitrogens with two attached hydrogens (primary N) is 1. The highest BCUT2D eigenvalue weighted by molar-refractivity contribution is 5.81. The second kappa shape index (κ2) is 5.80. The molecule has 4 nitrogen and oxygen atoms in total. The molecule has 4 heteroatoms. The maximum Gasteiger partial charge on any atom is 0.225 e. The maximum absolute atomic E-state index is 12.3. The molecule has 0 aromatic heterocycles. The summed E-state index contributed by atoms with van der Waals surface area (Å²) >= 11 is 0. The van der Waals surface area contributed by atoms with Crippen LogP contribution >= 0.6 is 0 Å². The molecular formula is C15H26N2O2. The van der Waals surface area contributed by atoms with Gasteiger partial charge in [-0.15, -0.1) is 0 Å². The van der Waals surface area contributed by atoms with Gasteiger partial charge in [0.05, 0.1) is 6.10 Å². The molecule has 1 amide bonds. The van der Waals surface area contributed by atoms with Crippen molar-refractivity contribution in [1.82, 2.24) is 4.90 Å². The molecule has 2 aliphatic carbocycles. The number of ether oxygens (including phenoxy) is 1. The first kappa shape index (κ1) is 13.4. The number of amides is 1. The van der Waals surface area contributed by atoms with Crippen molar-refractivity contribution in [3.05, 3.63) is 0 Å². The molecule has 108 valence electrons. The van der Waals surface area contributed by atoms with Gasteiger partial charge in [0.15, 0.2) is 0 Å². The topological polar surface area (TPSA) is 55.6 Å². The fourth-order valence-corrected chi connectivity index (χ4v) is 3.35. The van der Waals surface area contributed by atoms with Crippen molar-refractivity contribution < 1.29 is 9.53 Å². The summed E-state index contributed by atoms with van der Waals surface area (Å²) in [6.45, 7) is 3.24. The SMILES string of the molecule is NCCCOC1CCN(C(=O)[C@H]2C[C@H]2C2CC2)CC1. The van der Waals surface area contributed by atoms with Gasteiger partial charge in [-0.1, -0.05) is 0 Å². The number of likely N-dealkylation sites (tertiary alicyclic amines) is 1. The van der Waals surface area contributed by atoms with Crippen molar-refractivity contribution in [2.45, 2.75) is 44.6 Å². The summed E-state index contributed by atoms with van der Waals surface area (Å²) in [7, 11) is 0. The van der Waals surface area contributed by atoms with Crippen LogP contribution in [0.2, 0.25) is 0 Å². The van der Waals surface area contributed by atoms with E-state index in [-0.39, 0.29) is 0 Å². The Morgan fingerprint density at radius 3 is 2.58 bits per heavy atom. The molecular weight excluding hydrogens is 240 g/mol. The molecule has 19 heavy (non-hydrogen) atoms. The van der Waals surface area contributed by atoms with E-state index in [9.17, 15) is 4.79 Å². The lowest BCUT2D eigenvalue weighted by Gasteiger charge is -2.32. The van der Waals surface area contributed by atoms with E-state index in [2.05, 4.69) is 4.90 Å². The zero-order valence-corrected chi connectivity index (χ0v) is 11.7. The van der Waals surface area contributed by atoms with Crippen LogP contribution in [-0.2, 0) is 9.53 Å². The molecule has 3 rings (SSSR count). The predicted octanol–water partition coefficient (Wildman–Crippen LogP) is 1.39. The Labute approximate surface area is 115 Å². The number of hydrogen-bond donors (Lipinski definition) is 1. The van der Waals surface area contributed by atoms with Crippen LogP contribution in [0.4, 0.5) is 0 Å². The summed E-state index contributed by atoms with van der Waals surface area (Å²) in [5.74, 6) is 2.44. The third-order valence-electron chi connectivity index (χ3n) is 4.84. The van der Waals surface area contributed by atoms with Crippen LogP contribution in [-0.4, -0.2) is 43.2 Å². The van der Waals surface area contributed by atoms with Gasteiger partial charge in [-0.2, -0.15) is 0 Å². The highest BCUT2D eigenvalue weighted by Crippen LogP contribution is 2.55. The second-order valence-electron chi connectivity index (χ2n) is 6.38. The first-order valence-electron chi connectivity index (χ1n) is 7.90. The summed E-state index contributed by atoms with van der Waals surface area (Å²) in [6.07, 6.45) is 7.17. The third-order valence-corrected chi connectivity index (χ3v) is 4.84. The molecule has 1 heterocycles. The minimum Gasteiger partial charge on any atom is -0.378 e. The van der Waals surface area contributed by atoms with Gasteiger partial charge >= 0.3 is 0 Å². The Morgan fingerprint density at radius 2 is 1.95 bits per heavy atom. The standard InChI is InChI=1S/C15H26N2O2/c16-6-1-9-19-12-4-7-17(8-5-12)15(18)14-10-13(14)11-2-3-11/h11-14H,1-10,16H2/t13-,14-/m0/s1. The first-order chi connectivity index (χ1) is 9.29. The first-order valence-corrected chi connectivity index (χ1v) is 7.90. The number of hydrogen-bond acceptors (Lipinski definition) is 3. The molecule has 0 aromatic carbocycles. The van der Waals surface area contributed by atoms with Gasteiger partial charge in [0.25, 0.3) is 0 Å². The Kier molecular flexibility index (Phi) is 4.08. The number of carbonyl (C=O) groups excluding carboxylic acids is 1. The highest BCUT2D eigenvalue weighted by atomic mass is 16.5. The average Bonchev–Trinajstić information content (AvgIpc) is 3.29. The largest absolute Gasteiger partial charge is 0.378 e. The van der Waals surface area contributed by atoms with E-state index >= 15 is 0 Å². The Bertz CT molecular complexity index is 322. The van der Waals surface area contributed by atoms with E-state index in [1.54, 1.807) is 0 Å². The van der Waals surface area contributed by atoms with Crippen molar-refractivity contribution in [3.8, 4) is 0 Å². The highest BCUT2D eigenvalue weighted by Gasteiger charge is 2.52. The smallest absolute Gasteiger partial charge is 0.225 e. The Morgan fingerprint density at radius 1 is 1.21 bits per heavy atom. The van der Waals surface area contributed by atoms with E-state index in [0.717, 1.165) is 57.2 Å². The lowest BCUT2D eigenvalue weighted by atomic mass is 10.1. The van der Waals surface area contributed by atoms with Gasteiger partial charge in [0, 0.05) is 25.6 Å². The molecule has 2 atom stereocenters. The number of piperidine rings is 1. The van der Waals surface area contributed by atoms with Crippen LogP contribution in [0.1, 0.15) is 38.5 Å². The second-order valence-corrected chi connectivity index (χ2v) is 6.38. The maximum atomic E-state index is 12.3. The van der Waals surface area contributed by atoms with Crippen LogP contribution in [0.25, 0.3) is 0 Å². The van der Waals surface area contributed by atoms with Crippen LogP contribution in [0, 0.1) is 17.8 Å². The van der Waals surface area contributed by atoms with Crippen molar-refractivity contribution >= 4 is 5.91 Å². The summed E-state index contributed by atoms with van der Waals surface area (Å²) in [4.78, 5) is 14.4. The minimum atomic E-state index is 0.342. The summed E-state index contributed by atoms with van der Waals surface area (Å²) in [5, 5.41) is 0. The van der Waals surface area contributed by atoms with Gasteiger partial charge in [0.2, 0.25) is 5.91 Å². The van der Waals surface area contributed by atoms with Gasteiger partial charge in [-0.25, -0.2) is 0 Å². The monoisotopic (exact) mass is 266 g/mol. The fourth-order valence-electron chi connectivity index (χ4n) is 3.35. The zero-order chi connectivity index (χ0) is 13.2. The molecule has 0 radical (unpaired) electrons. The number of carbonyl (C=O) groups is 1. The van der Waals surface area contributed by atoms with Crippen LogP contribution in [0.15, 0.2) is 0 Å². The van der Waals surface area contributed by atoms with Crippen LogP contribution in [0.5, 0.6) is 0 Å². The summed E-state index contributed by atoms with van der Waals surface area (Å²) < 4.78 is 5.78. The molecule has 0 spiro atoms. The quantitative estimate of drug-likeness (QED) is 0.739.